The lowest BCUT2D eigenvalue weighted by Gasteiger charge is -2.31. The molecule has 0 spiro atoms. The van der Waals surface area contributed by atoms with E-state index in [1.807, 2.05) is 22.7 Å². The van der Waals surface area contributed by atoms with Gasteiger partial charge in [-0.05, 0) is 25.0 Å². The number of benzene rings is 1. The lowest BCUT2D eigenvalue weighted by Crippen LogP contribution is -2.38. The third-order valence-electron chi connectivity index (χ3n) is 5.67. The van der Waals surface area contributed by atoms with Crippen molar-refractivity contribution in [3.05, 3.63) is 54.2 Å². The predicted molar refractivity (Wildman–Crippen MR) is 119 cm³/mol. The number of amides is 1. The molecule has 0 saturated carbocycles. The van der Waals surface area contributed by atoms with Crippen LogP contribution < -0.4 is 5.32 Å². The zero-order valence-corrected chi connectivity index (χ0v) is 18.5. The van der Waals surface area contributed by atoms with Crippen molar-refractivity contribution in [2.75, 3.05) is 25.5 Å². The molecule has 1 fully saturated rings. The summed E-state index contributed by atoms with van der Waals surface area (Å²) in [7, 11) is 1.30. The molecule has 0 unspecified atom stereocenters. The number of piperidine rings is 1. The van der Waals surface area contributed by atoms with Gasteiger partial charge in [0.25, 0.3) is 0 Å². The Balaban J connectivity index is 1.45. The monoisotopic (exact) mass is 452 g/mol. The maximum Gasteiger partial charge on any atom is 0.337 e. The fraction of sp³-hybridized carbons (Fsp3) is 0.348. The molecule has 3 heterocycles. The molecule has 0 bridgehead atoms. The SMILES string of the molecule is CCC(=O)N1CCC(n2cc(Nc3ncc(F)c(-c4ccc(C(=O)OC)cc4)n3)cn2)CC1. The van der Waals surface area contributed by atoms with Crippen LogP contribution in [0.15, 0.2) is 42.9 Å². The number of nitrogens with zero attached hydrogens (tertiary/aromatic N) is 5. The second-order valence-electron chi connectivity index (χ2n) is 7.76. The van der Waals surface area contributed by atoms with Crippen molar-refractivity contribution in [2.45, 2.75) is 32.2 Å². The maximum atomic E-state index is 14.4. The lowest BCUT2D eigenvalue weighted by atomic mass is 10.1. The van der Waals surface area contributed by atoms with E-state index >= 15 is 0 Å². The minimum absolute atomic E-state index is 0.115. The number of aromatic nitrogens is 4. The standard InChI is InChI=1S/C23H25FN6O3/c1-3-20(31)29-10-8-18(9-11-29)30-14-17(12-26-30)27-23-25-13-19(24)21(28-23)15-4-6-16(7-5-15)22(32)33-2/h4-7,12-14,18H,3,8-11H2,1-2H3,(H,25,27,28). The highest BCUT2D eigenvalue weighted by atomic mass is 19.1. The van der Waals surface area contributed by atoms with Crippen molar-refractivity contribution in [3.63, 3.8) is 0 Å². The summed E-state index contributed by atoms with van der Waals surface area (Å²) in [6, 6.07) is 6.53. The van der Waals surface area contributed by atoms with E-state index in [1.54, 1.807) is 30.5 Å². The number of halogens is 1. The molecule has 1 N–H and O–H groups in total. The van der Waals surface area contributed by atoms with Crippen LogP contribution in [0.1, 0.15) is 42.6 Å². The Morgan fingerprint density at radius 1 is 1.18 bits per heavy atom. The molecule has 10 heteroatoms. The summed E-state index contributed by atoms with van der Waals surface area (Å²) in [6.45, 7) is 3.32. The first kappa shape index (κ1) is 22.4. The first-order valence-electron chi connectivity index (χ1n) is 10.8. The van der Waals surface area contributed by atoms with Crippen LogP contribution in [0.5, 0.6) is 0 Å². The number of methoxy groups -OCH3 is 1. The van der Waals surface area contributed by atoms with Crippen molar-refractivity contribution in [2.24, 2.45) is 0 Å². The van der Waals surface area contributed by atoms with Gasteiger partial charge in [0.2, 0.25) is 11.9 Å². The topological polar surface area (TPSA) is 102 Å². The first-order chi connectivity index (χ1) is 16.0. The van der Waals surface area contributed by atoms with Gasteiger partial charge in [-0.15, -0.1) is 0 Å². The summed E-state index contributed by atoms with van der Waals surface area (Å²) >= 11 is 0. The Labute approximate surface area is 190 Å². The second kappa shape index (κ2) is 9.76. The van der Waals surface area contributed by atoms with Crippen molar-refractivity contribution in [3.8, 4) is 11.3 Å². The number of likely N-dealkylation sites (tertiary alicyclic amines) is 1. The van der Waals surface area contributed by atoms with Gasteiger partial charge in [-0.25, -0.2) is 19.2 Å². The molecule has 4 rings (SSSR count). The molecular weight excluding hydrogens is 427 g/mol. The van der Waals surface area contributed by atoms with Crippen molar-refractivity contribution >= 4 is 23.5 Å². The number of esters is 1. The van der Waals surface area contributed by atoms with E-state index in [-0.39, 0.29) is 23.6 Å². The Morgan fingerprint density at radius 3 is 2.58 bits per heavy atom. The minimum atomic E-state index is -0.574. The predicted octanol–water partition coefficient (Wildman–Crippen LogP) is 3.58. The van der Waals surface area contributed by atoms with Gasteiger partial charge in [-0.3, -0.25) is 9.48 Å². The average molecular weight is 452 g/mol. The Kier molecular flexibility index (Phi) is 6.62. The van der Waals surface area contributed by atoms with Crippen LogP contribution in [0.25, 0.3) is 11.3 Å². The molecule has 0 atom stereocenters. The normalized spacial score (nSPS) is 14.2. The second-order valence-corrected chi connectivity index (χ2v) is 7.76. The zero-order valence-electron chi connectivity index (χ0n) is 18.5. The lowest BCUT2D eigenvalue weighted by molar-refractivity contribution is -0.132. The Bertz CT molecular complexity index is 1140. The molecule has 172 valence electrons. The Hall–Kier alpha value is -3.82. The highest BCUT2D eigenvalue weighted by molar-refractivity contribution is 5.89. The van der Waals surface area contributed by atoms with Crippen LogP contribution in [-0.2, 0) is 9.53 Å². The number of carbonyl (C=O) groups excluding carboxylic acids is 2. The van der Waals surface area contributed by atoms with E-state index in [9.17, 15) is 14.0 Å². The van der Waals surface area contributed by atoms with Crippen LogP contribution in [0.4, 0.5) is 16.0 Å². The van der Waals surface area contributed by atoms with E-state index < -0.39 is 11.8 Å². The summed E-state index contributed by atoms with van der Waals surface area (Å²) in [6.07, 6.45) is 6.83. The molecular formula is C23H25FN6O3. The molecule has 3 aromatic rings. The van der Waals surface area contributed by atoms with E-state index in [1.165, 1.54) is 7.11 Å². The van der Waals surface area contributed by atoms with E-state index in [2.05, 4.69) is 25.1 Å². The molecule has 1 amide bonds. The van der Waals surface area contributed by atoms with E-state index in [0.29, 0.717) is 23.2 Å². The van der Waals surface area contributed by atoms with Crippen molar-refractivity contribution < 1.29 is 18.7 Å². The molecule has 1 saturated heterocycles. The molecule has 0 aliphatic carbocycles. The molecule has 1 aliphatic rings. The van der Waals surface area contributed by atoms with Crippen LogP contribution in [-0.4, -0.2) is 56.7 Å². The first-order valence-corrected chi connectivity index (χ1v) is 10.8. The maximum absolute atomic E-state index is 14.4. The van der Waals surface area contributed by atoms with Crippen LogP contribution in [0, 0.1) is 5.82 Å². The fourth-order valence-electron chi connectivity index (χ4n) is 3.85. The molecule has 1 aromatic carbocycles. The van der Waals surface area contributed by atoms with Gasteiger partial charge in [-0.2, -0.15) is 5.10 Å². The van der Waals surface area contributed by atoms with Crippen molar-refractivity contribution in [1.29, 1.82) is 0 Å². The highest BCUT2D eigenvalue weighted by Gasteiger charge is 2.23. The number of ether oxygens (including phenoxy) is 1. The smallest absolute Gasteiger partial charge is 0.337 e. The quantitative estimate of drug-likeness (QED) is 0.570. The van der Waals surface area contributed by atoms with Gasteiger partial charge in [-0.1, -0.05) is 19.1 Å². The summed E-state index contributed by atoms with van der Waals surface area (Å²) < 4.78 is 21.0. The van der Waals surface area contributed by atoms with Gasteiger partial charge in [0.05, 0.1) is 36.8 Å². The minimum Gasteiger partial charge on any atom is -0.465 e. The highest BCUT2D eigenvalue weighted by Crippen LogP contribution is 2.26. The number of hydrogen-bond acceptors (Lipinski definition) is 7. The third-order valence-corrected chi connectivity index (χ3v) is 5.67. The van der Waals surface area contributed by atoms with E-state index in [0.717, 1.165) is 32.1 Å². The summed E-state index contributed by atoms with van der Waals surface area (Å²) in [5.41, 5.74) is 1.67. The molecule has 2 aromatic heterocycles. The van der Waals surface area contributed by atoms with Crippen molar-refractivity contribution in [1.82, 2.24) is 24.6 Å². The molecule has 33 heavy (non-hydrogen) atoms. The van der Waals surface area contributed by atoms with Crippen LogP contribution in [0.2, 0.25) is 0 Å². The summed E-state index contributed by atoms with van der Waals surface area (Å²) in [5.74, 6) is -0.631. The number of carbonyl (C=O) groups is 2. The summed E-state index contributed by atoms with van der Waals surface area (Å²) in [5, 5.41) is 7.50. The number of hydrogen-bond donors (Lipinski definition) is 1. The van der Waals surface area contributed by atoms with Gasteiger partial charge >= 0.3 is 5.97 Å². The van der Waals surface area contributed by atoms with Gasteiger partial charge in [0, 0.05) is 31.3 Å². The zero-order chi connectivity index (χ0) is 23.4. The van der Waals surface area contributed by atoms with E-state index in [4.69, 9.17) is 0 Å². The van der Waals surface area contributed by atoms with Gasteiger partial charge in [0.1, 0.15) is 5.69 Å². The average Bonchev–Trinajstić information content (AvgIpc) is 3.33. The molecule has 1 aliphatic heterocycles. The molecule has 0 radical (unpaired) electrons. The summed E-state index contributed by atoms with van der Waals surface area (Å²) in [4.78, 5) is 33.7. The van der Waals surface area contributed by atoms with Gasteiger partial charge < -0.3 is 15.0 Å². The van der Waals surface area contributed by atoms with Gasteiger partial charge in [0.15, 0.2) is 5.82 Å². The molecule has 9 nitrogen and oxygen atoms in total. The Morgan fingerprint density at radius 2 is 1.91 bits per heavy atom. The number of rotatable bonds is 6. The van der Waals surface area contributed by atoms with Crippen LogP contribution in [0.3, 0.4) is 0 Å². The fourth-order valence-corrected chi connectivity index (χ4v) is 3.85. The third kappa shape index (κ3) is 5.00. The largest absolute Gasteiger partial charge is 0.465 e. The van der Waals surface area contributed by atoms with Crippen LogP contribution >= 0.6 is 0 Å². The number of anilines is 2. The number of nitrogens with one attached hydrogen (secondary N) is 1.